The Balaban J connectivity index is 1.88. The lowest BCUT2D eigenvalue weighted by atomic mass is 10.5. The standard InChI is InChI=1S/C8H12N6O2/c1-15-3-2-9-4-6-12-8(14-16-6)7-10-5-11-13-7/h5,9H,2-4H2,1H3,(H,10,11,13). The lowest BCUT2D eigenvalue weighted by Gasteiger charge is -1.98. The molecule has 0 radical (unpaired) electrons. The van der Waals surface area contributed by atoms with E-state index in [9.17, 15) is 0 Å². The molecule has 2 aromatic rings. The first-order valence-corrected chi connectivity index (χ1v) is 4.78. The molecule has 2 N–H and O–H groups in total. The summed E-state index contributed by atoms with van der Waals surface area (Å²) < 4.78 is 9.91. The second kappa shape index (κ2) is 5.33. The Hall–Kier alpha value is -1.80. The number of rotatable bonds is 6. The summed E-state index contributed by atoms with van der Waals surface area (Å²) in [6.45, 7) is 1.88. The summed E-state index contributed by atoms with van der Waals surface area (Å²) >= 11 is 0. The third kappa shape index (κ3) is 2.61. The van der Waals surface area contributed by atoms with E-state index < -0.39 is 0 Å². The Labute approximate surface area is 91.4 Å². The van der Waals surface area contributed by atoms with Gasteiger partial charge in [0, 0.05) is 13.7 Å². The molecule has 2 aromatic heterocycles. The van der Waals surface area contributed by atoms with E-state index in [0.29, 0.717) is 30.7 Å². The summed E-state index contributed by atoms with van der Waals surface area (Å²) in [5, 5.41) is 13.2. The summed E-state index contributed by atoms with van der Waals surface area (Å²) in [7, 11) is 1.65. The van der Waals surface area contributed by atoms with E-state index in [-0.39, 0.29) is 0 Å². The van der Waals surface area contributed by atoms with Crippen LogP contribution < -0.4 is 5.32 Å². The third-order valence-electron chi connectivity index (χ3n) is 1.85. The van der Waals surface area contributed by atoms with Gasteiger partial charge in [-0.3, -0.25) is 5.10 Å². The Bertz CT molecular complexity index is 412. The van der Waals surface area contributed by atoms with Gasteiger partial charge in [-0.05, 0) is 0 Å². The molecule has 0 aliphatic carbocycles. The fraction of sp³-hybridized carbons (Fsp3) is 0.500. The summed E-state index contributed by atoms with van der Waals surface area (Å²) in [5.41, 5.74) is 0. The van der Waals surface area contributed by atoms with Gasteiger partial charge in [-0.15, -0.1) is 0 Å². The number of nitrogens with zero attached hydrogens (tertiary/aromatic N) is 4. The Morgan fingerprint density at radius 3 is 3.25 bits per heavy atom. The smallest absolute Gasteiger partial charge is 0.241 e. The maximum absolute atomic E-state index is 5.02. The van der Waals surface area contributed by atoms with Gasteiger partial charge in [0.15, 0.2) is 5.82 Å². The molecule has 0 aliphatic heterocycles. The fourth-order valence-electron chi connectivity index (χ4n) is 1.11. The topological polar surface area (TPSA) is 102 Å². The van der Waals surface area contributed by atoms with Crippen molar-refractivity contribution < 1.29 is 9.26 Å². The molecule has 0 bridgehead atoms. The van der Waals surface area contributed by atoms with E-state index in [1.54, 1.807) is 7.11 Å². The molecule has 0 saturated heterocycles. The molecule has 0 aliphatic rings. The highest BCUT2D eigenvalue weighted by molar-refractivity contribution is 5.39. The number of methoxy groups -OCH3 is 1. The van der Waals surface area contributed by atoms with Gasteiger partial charge >= 0.3 is 0 Å². The molecule has 0 atom stereocenters. The zero-order chi connectivity index (χ0) is 11.2. The predicted octanol–water partition coefficient (Wildman–Crippen LogP) is -0.409. The van der Waals surface area contributed by atoms with E-state index in [2.05, 4.69) is 30.6 Å². The van der Waals surface area contributed by atoms with E-state index in [4.69, 9.17) is 9.26 Å². The van der Waals surface area contributed by atoms with Crippen molar-refractivity contribution in [3.05, 3.63) is 12.2 Å². The number of ether oxygens (including phenoxy) is 1. The second-order valence-corrected chi connectivity index (χ2v) is 3.02. The van der Waals surface area contributed by atoms with Crippen molar-refractivity contribution in [2.75, 3.05) is 20.3 Å². The van der Waals surface area contributed by atoms with E-state index in [1.807, 2.05) is 0 Å². The normalized spacial score (nSPS) is 10.8. The van der Waals surface area contributed by atoms with Crippen molar-refractivity contribution in [2.24, 2.45) is 0 Å². The van der Waals surface area contributed by atoms with Crippen LogP contribution in [0.25, 0.3) is 11.6 Å². The Kier molecular flexibility index (Phi) is 3.57. The maximum Gasteiger partial charge on any atom is 0.241 e. The number of hydrogen-bond acceptors (Lipinski definition) is 7. The predicted molar refractivity (Wildman–Crippen MR) is 53.3 cm³/mol. The van der Waals surface area contributed by atoms with Crippen LogP contribution in [0.5, 0.6) is 0 Å². The quantitative estimate of drug-likeness (QED) is 0.643. The molecular formula is C8H12N6O2. The average molecular weight is 224 g/mol. The van der Waals surface area contributed by atoms with Crippen LogP contribution in [0.1, 0.15) is 5.89 Å². The minimum absolute atomic E-state index is 0.404. The summed E-state index contributed by atoms with van der Waals surface area (Å²) in [6, 6.07) is 0. The van der Waals surface area contributed by atoms with Crippen molar-refractivity contribution in [1.82, 2.24) is 30.6 Å². The molecule has 8 nitrogen and oxygen atoms in total. The lowest BCUT2D eigenvalue weighted by molar-refractivity contribution is 0.197. The molecule has 0 aromatic carbocycles. The number of nitrogens with one attached hydrogen (secondary N) is 2. The molecule has 0 fully saturated rings. The van der Waals surface area contributed by atoms with E-state index in [1.165, 1.54) is 6.33 Å². The van der Waals surface area contributed by atoms with Crippen LogP contribution in [0.4, 0.5) is 0 Å². The van der Waals surface area contributed by atoms with Gasteiger partial charge in [0.25, 0.3) is 0 Å². The van der Waals surface area contributed by atoms with Gasteiger partial charge in [-0.25, -0.2) is 4.98 Å². The monoisotopic (exact) mass is 224 g/mol. The van der Waals surface area contributed by atoms with Gasteiger partial charge < -0.3 is 14.6 Å². The maximum atomic E-state index is 5.02. The van der Waals surface area contributed by atoms with E-state index in [0.717, 1.165) is 6.54 Å². The minimum Gasteiger partial charge on any atom is -0.383 e. The largest absolute Gasteiger partial charge is 0.383 e. The highest BCUT2D eigenvalue weighted by Crippen LogP contribution is 2.07. The van der Waals surface area contributed by atoms with Crippen LogP contribution in [-0.2, 0) is 11.3 Å². The molecule has 0 spiro atoms. The van der Waals surface area contributed by atoms with Crippen molar-refractivity contribution in [1.29, 1.82) is 0 Å². The lowest BCUT2D eigenvalue weighted by Crippen LogP contribution is -2.18. The molecular weight excluding hydrogens is 212 g/mol. The second-order valence-electron chi connectivity index (χ2n) is 3.02. The van der Waals surface area contributed by atoms with Crippen LogP contribution in [0.2, 0.25) is 0 Å². The van der Waals surface area contributed by atoms with Gasteiger partial charge in [-0.1, -0.05) is 5.16 Å². The van der Waals surface area contributed by atoms with Crippen LogP contribution in [0.3, 0.4) is 0 Å². The molecule has 0 unspecified atom stereocenters. The molecule has 2 rings (SSSR count). The highest BCUT2D eigenvalue weighted by atomic mass is 16.5. The van der Waals surface area contributed by atoms with Crippen molar-refractivity contribution in [3.63, 3.8) is 0 Å². The van der Waals surface area contributed by atoms with Crippen molar-refractivity contribution >= 4 is 0 Å². The zero-order valence-corrected chi connectivity index (χ0v) is 8.80. The first kappa shape index (κ1) is 10.7. The number of H-pyrrole nitrogens is 1. The van der Waals surface area contributed by atoms with E-state index >= 15 is 0 Å². The van der Waals surface area contributed by atoms with Crippen LogP contribution in [0.15, 0.2) is 10.9 Å². The van der Waals surface area contributed by atoms with Crippen LogP contribution in [-0.4, -0.2) is 45.6 Å². The van der Waals surface area contributed by atoms with Crippen LogP contribution in [0, 0.1) is 0 Å². The number of aromatic amines is 1. The number of aromatic nitrogens is 5. The molecule has 16 heavy (non-hydrogen) atoms. The SMILES string of the molecule is COCCNCc1nc(-c2ncn[nH]2)no1. The van der Waals surface area contributed by atoms with Crippen molar-refractivity contribution in [3.8, 4) is 11.6 Å². The molecule has 86 valence electrons. The third-order valence-corrected chi connectivity index (χ3v) is 1.85. The minimum atomic E-state index is 0.404. The van der Waals surface area contributed by atoms with Crippen molar-refractivity contribution in [2.45, 2.75) is 6.54 Å². The Morgan fingerprint density at radius 2 is 2.50 bits per heavy atom. The molecule has 0 amide bonds. The summed E-state index contributed by atoms with van der Waals surface area (Å²) in [4.78, 5) is 8.05. The fourth-order valence-corrected chi connectivity index (χ4v) is 1.11. The Morgan fingerprint density at radius 1 is 1.56 bits per heavy atom. The zero-order valence-electron chi connectivity index (χ0n) is 8.80. The highest BCUT2D eigenvalue weighted by Gasteiger charge is 2.09. The van der Waals surface area contributed by atoms with Gasteiger partial charge in [-0.2, -0.15) is 10.1 Å². The first-order chi connectivity index (χ1) is 7.90. The molecule has 8 heteroatoms. The average Bonchev–Trinajstić information content (AvgIpc) is 2.94. The van der Waals surface area contributed by atoms with Gasteiger partial charge in [0.1, 0.15) is 6.33 Å². The molecule has 0 saturated carbocycles. The van der Waals surface area contributed by atoms with Gasteiger partial charge in [0.2, 0.25) is 11.7 Å². The summed E-state index contributed by atoms with van der Waals surface area (Å²) in [5.74, 6) is 1.40. The van der Waals surface area contributed by atoms with Gasteiger partial charge in [0.05, 0.1) is 13.2 Å². The number of hydrogen-bond donors (Lipinski definition) is 2. The summed E-state index contributed by atoms with van der Waals surface area (Å²) in [6.07, 6.45) is 1.39. The molecule has 2 heterocycles. The van der Waals surface area contributed by atoms with Crippen LogP contribution >= 0.6 is 0 Å². The first-order valence-electron chi connectivity index (χ1n) is 4.78.